The van der Waals surface area contributed by atoms with Gasteiger partial charge in [0.1, 0.15) is 0 Å². The second-order valence-electron chi connectivity index (χ2n) is 5.05. The first-order chi connectivity index (χ1) is 9.94. The molecule has 7 heteroatoms. The largest absolute Gasteiger partial charge is 0.316 e. The maximum absolute atomic E-state index is 12.5. The zero-order valence-electron chi connectivity index (χ0n) is 12.4. The smallest absolute Gasteiger partial charge is 0.262 e. The average molecular weight is 308 g/mol. The summed E-state index contributed by atoms with van der Waals surface area (Å²) >= 11 is 0. The van der Waals surface area contributed by atoms with Crippen molar-refractivity contribution >= 4 is 15.7 Å². The summed E-state index contributed by atoms with van der Waals surface area (Å²) in [6, 6.07) is 7.11. The molecule has 0 atom stereocenters. The van der Waals surface area contributed by atoms with Crippen molar-refractivity contribution in [2.24, 2.45) is 0 Å². The number of hydrogen-bond acceptors (Lipinski definition) is 4. The van der Waals surface area contributed by atoms with E-state index in [1.807, 2.05) is 19.9 Å². The number of nitrogens with one attached hydrogen (secondary N) is 2. The summed E-state index contributed by atoms with van der Waals surface area (Å²) in [5.74, 6) is 0. The van der Waals surface area contributed by atoms with Gasteiger partial charge in [-0.2, -0.15) is 5.10 Å². The predicted octanol–water partition coefficient (Wildman–Crippen LogP) is 1.98. The number of sulfonamides is 1. The molecule has 1 aromatic carbocycles. The van der Waals surface area contributed by atoms with Crippen molar-refractivity contribution < 1.29 is 8.42 Å². The summed E-state index contributed by atoms with van der Waals surface area (Å²) in [4.78, 5) is 0.275. The molecule has 21 heavy (non-hydrogen) atoms. The maximum atomic E-state index is 12.5. The van der Waals surface area contributed by atoms with Crippen LogP contribution in [0.2, 0.25) is 0 Å². The molecule has 2 N–H and O–H groups in total. The van der Waals surface area contributed by atoms with Crippen LogP contribution in [-0.2, 0) is 16.6 Å². The van der Waals surface area contributed by atoms with Gasteiger partial charge in [0.05, 0.1) is 16.8 Å². The fraction of sp³-hybridized carbons (Fsp3) is 0.357. The highest BCUT2D eigenvalue weighted by Gasteiger charge is 2.18. The number of nitrogens with zero attached hydrogens (tertiary/aromatic N) is 2. The fourth-order valence-corrected chi connectivity index (χ4v) is 3.25. The van der Waals surface area contributed by atoms with E-state index in [1.54, 1.807) is 36.1 Å². The van der Waals surface area contributed by atoms with Crippen LogP contribution in [-0.4, -0.2) is 25.2 Å². The van der Waals surface area contributed by atoms with Gasteiger partial charge >= 0.3 is 0 Å². The predicted molar refractivity (Wildman–Crippen MR) is 82.6 cm³/mol. The molecule has 2 aromatic rings. The molecule has 0 unspecified atom stereocenters. The van der Waals surface area contributed by atoms with Gasteiger partial charge in [-0.05, 0) is 32.5 Å². The highest BCUT2D eigenvalue weighted by molar-refractivity contribution is 7.92. The SMILES string of the molecule is CNCc1ccccc1S(=O)(=O)Nc1cnn(C(C)C)c1. The minimum atomic E-state index is -3.62. The van der Waals surface area contributed by atoms with E-state index in [-0.39, 0.29) is 10.9 Å². The Morgan fingerprint density at radius 3 is 2.62 bits per heavy atom. The summed E-state index contributed by atoms with van der Waals surface area (Å²) in [5.41, 5.74) is 1.19. The third kappa shape index (κ3) is 3.62. The summed E-state index contributed by atoms with van der Waals surface area (Å²) in [5, 5.41) is 7.10. The van der Waals surface area contributed by atoms with Crippen molar-refractivity contribution in [3.63, 3.8) is 0 Å². The molecule has 0 bridgehead atoms. The van der Waals surface area contributed by atoms with E-state index in [0.717, 1.165) is 5.56 Å². The maximum Gasteiger partial charge on any atom is 0.262 e. The lowest BCUT2D eigenvalue weighted by molar-refractivity contribution is 0.532. The standard InChI is InChI=1S/C14H20N4O2S/c1-11(2)18-10-13(9-16-18)17-21(19,20)14-7-5-4-6-12(14)8-15-3/h4-7,9-11,15,17H,8H2,1-3H3. The van der Waals surface area contributed by atoms with Gasteiger partial charge in [0.2, 0.25) is 0 Å². The number of benzene rings is 1. The summed E-state index contributed by atoms with van der Waals surface area (Å²) in [6.07, 6.45) is 3.20. The Balaban J connectivity index is 2.29. The highest BCUT2D eigenvalue weighted by atomic mass is 32.2. The molecule has 2 rings (SSSR count). The molecule has 0 aliphatic heterocycles. The lowest BCUT2D eigenvalue weighted by atomic mass is 10.2. The van der Waals surface area contributed by atoms with Crippen molar-refractivity contribution in [3.8, 4) is 0 Å². The van der Waals surface area contributed by atoms with Gasteiger partial charge in [-0.25, -0.2) is 8.42 Å². The number of aromatic nitrogens is 2. The van der Waals surface area contributed by atoms with Crippen LogP contribution in [0.4, 0.5) is 5.69 Å². The normalized spacial score (nSPS) is 11.8. The molecule has 0 saturated carbocycles. The van der Waals surface area contributed by atoms with Crippen LogP contribution < -0.4 is 10.0 Å². The molecule has 0 amide bonds. The number of anilines is 1. The molecule has 6 nitrogen and oxygen atoms in total. The molecule has 0 aliphatic carbocycles. The fourth-order valence-electron chi connectivity index (χ4n) is 1.99. The van der Waals surface area contributed by atoms with Gasteiger partial charge in [0.15, 0.2) is 0 Å². The van der Waals surface area contributed by atoms with Gasteiger partial charge in [-0.3, -0.25) is 9.40 Å². The van der Waals surface area contributed by atoms with Gasteiger partial charge in [0, 0.05) is 18.8 Å². The van der Waals surface area contributed by atoms with Crippen LogP contribution in [0.15, 0.2) is 41.6 Å². The van der Waals surface area contributed by atoms with E-state index in [2.05, 4.69) is 15.1 Å². The summed E-state index contributed by atoms with van der Waals surface area (Å²) < 4.78 is 29.3. The lowest BCUT2D eigenvalue weighted by Gasteiger charge is -2.11. The zero-order valence-corrected chi connectivity index (χ0v) is 13.2. The second-order valence-corrected chi connectivity index (χ2v) is 6.70. The van der Waals surface area contributed by atoms with Crippen LogP contribution in [0.1, 0.15) is 25.5 Å². The molecule has 0 saturated heterocycles. The number of hydrogen-bond donors (Lipinski definition) is 2. The first kappa shape index (κ1) is 15.5. The Hall–Kier alpha value is -1.86. The Kier molecular flexibility index (Phi) is 4.64. The topological polar surface area (TPSA) is 76.0 Å². The number of rotatable bonds is 6. The lowest BCUT2D eigenvalue weighted by Crippen LogP contribution is -2.17. The highest BCUT2D eigenvalue weighted by Crippen LogP contribution is 2.20. The Labute approximate surface area is 125 Å². The second kappa shape index (κ2) is 6.28. The Morgan fingerprint density at radius 2 is 2.00 bits per heavy atom. The average Bonchev–Trinajstić information content (AvgIpc) is 2.87. The van der Waals surface area contributed by atoms with Crippen LogP contribution in [0.25, 0.3) is 0 Å². The van der Waals surface area contributed by atoms with Gasteiger partial charge in [-0.1, -0.05) is 18.2 Å². The molecular formula is C14H20N4O2S. The quantitative estimate of drug-likeness (QED) is 0.855. The third-order valence-corrected chi connectivity index (χ3v) is 4.49. The van der Waals surface area contributed by atoms with Crippen molar-refractivity contribution in [1.82, 2.24) is 15.1 Å². The summed E-state index contributed by atoms with van der Waals surface area (Å²) in [6.45, 7) is 4.45. The van der Waals surface area contributed by atoms with Crippen LogP contribution in [0, 0.1) is 0 Å². The van der Waals surface area contributed by atoms with Crippen molar-refractivity contribution in [1.29, 1.82) is 0 Å². The van der Waals surface area contributed by atoms with E-state index in [9.17, 15) is 8.42 Å². The molecule has 0 spiro atoms. The first-order valence-corrected chi connectivity index (χ1v) is 8.22. The molecule has 1 aromatic heterocycles. The molecule has 1 heterocycles. The zero-order chi connectivity index (χ0) is 15.5. The minimum Gasteiger partial charge on any atom is -0.316 e. The third-order valence-electron chi connectivity index (χ3n) is 3.01. The Bertz CT molecular complexity index is 707. The van der Waals surface area contributed by atoms with Crippen molar-refractivity contribution in [2.45, 2.75) is 31.3 Å². The molecule has 114 valence electrons. The van der Waals surface area contributed by atoms with E-state index in [1.165, 1.54) is 6.20 Å². The van der Waals surface area contributed by atoms with E-state index < -0.39 is 10.0 Å². The van der Waals surface area contributed by atoms with Crippen molar-refractivity contribution in [2.75, 3.05) is 11.8 Å². The van der Waals surface area contributed by atoms with Gasteiger partial charge in [0.25, 0.3) is 10.0 Å². The molecule has 0 radical (unpaired) electrons. The Morgan fingerprint density at radius 1 is 1.29 bits per heavy atom. The van der Waals surface area contributed by atoms with Crippen molar-refractivity contribution in [3.05, 3.63) is 42.2 Å². The van der Waals surface area contributed by atoms with Crippen LogP contribution in [0.3, 0.4) is 0 Å². The molecular weight excluding hydrogens is 288 g/mol. The van der Waals surface area contributed by atoms with Crippen LogP contribution >= 0.6 is 0 Å². The molecule has 0 aliphatic rings. The van der Waals surface area contributed by atoms with E-state index in [4.69, 9.17) is 0 Å². The van der Waals surface area contributed by atoms with E-state index in [0.29, 0.717) is 12.2 Å². The monoisotopic (exact) mass is 308 g/mol. The van der Waals surface area contributed by atoms with Gasteiger partial charge in [-0.15, -0.1) is 0 Å². The van der Waals surface area contributed by atoms with Gasteiger partial charge < -0.3 is 5.32 Å². The summed E-state index contributed by atoms with van der Waals surface area (Å²) in [7, 11) is -1.84. The first-order valence-electron chi connectivity index (χ1n) is 6.73. The van der Waals surface area contributed by atoms with Crippen LogP contribution in [0.5, 0.6) is 0 Å². The molecule has 0 fully saturated rings. The van der Waals surface area contributed by atoms with E-state index >= 15 is 0 Å². The minimum absolute atomic E-state index is 0.180.